The Morgan fingerprint density at radius 3 is 3.06 bits per heavy atom. The molecule has 92 valence electrons. The summed E-state index contributed by atoms with van der Waals surface area (Å²) in [7, 11) is 0. The molecule has 0 aromatic carbocycles. The normalized spacial score (nSPS) is 35.4. The highest BCUT2D eigenvalue weighted by Gasteiger charge is 2.39. The van der Waals surface area contributed by atoms with Crippen molar-refractivity contribution in [3.8, 4) is 0 Å². The first kappa shape index (κ1) is 11.9. The molecule has 0 saturated carbocycles. The maximum Gasteiger partial charge on any atom is 0.126 e. The van der Waals surface area contributed by atoms with E-state index in [9.17, 15) is 5.11 Å². The van der Waals surface area contributed by atoms with Gasteiger partial charge in [0.25, 0.3) is 0 Å². The van der Waals surface area contributed by atoms with Crippen molar-refractivity contribution in [1.82, 2.24) is 0 Å². The van der Waals surface area contributed by atoms with Crippen LogP contribution in [0.25, 0.3) is 0 Å². The Hall–Kier alpha value is -0.540. The fraction of sp³-hybridized carbons (Fsp3) is 0.846. The second-order valence-electron chi connectivity index (χ2n) is 4.83. The van der Waals surface area contributed by atoms with Crippen LogP contribution in [0.5, 0.6) is 0 Å². The van der Waals surface area contributed by atoms with E-state index < -0.39 is 5.60 Å². The summed E-state index contributed by atoms with van der Waals surface area (Å²) < 4.78 is 11.3. The SMILES string of the molecule is CCCC1CC(O)(C2=CCCCO2)CCO1. The van der Waals surface area contributed by atoms with E-state index in [1.54, 1.807) is 0 Å². The summed E-state index contributed by atoms with van der Waals surface area (Å²) in [6, 6.07) is 0. The van der Waals surface area contributed by atoms with Gasteiger partial charge in [0.1, 0.15) is 11.4 Å². The third kappa shape index (κ3) is 2.58. The maximum absolute atomic E-state index is 10.6. The molecule has 2 atom stereocenters. The van der Waals surface area contributed by atoms with Gasteiger partial charge in [0.15, 0.2) is 0 Å². The van der Waals surface area contributed by atoms with Crippen molar-refractivity contribution in [2.75, 3.05) is 13.2 Å². The molecule has 2 unspecified atom stereocenters. The Labute approximate surface area is 97.4 Å². The minimum absolute atomic E-state index is 0.190. The first-order valence-electron chi connectivity index (χ1n) is 6.42. The predicted octanol–water partition coefficient (Wildman–Crippen LogP) is 2.39. The number of allylic oxidation sites excluding steroid dienone is 1. The highest BCUT2D eigenvalue weighted by molar-refractivity contribution is 5.13. The zero-order valence-electron chi connectivity index (χ0n) is 10.1. The first-order chi connectivity index (χ1) is 7.74. The third-order valence-corrected chi connectivity index (χ3v) is 3.44. The molecule has 16 heavy (non-hydrogen) atoms. The van der Waals surface area contributed by atoms with Crippen LogP contribution in [-0.4, -0.2) is 30.0 Å². The fourth-order valence-electron chi connectivity index (χ4n) is 2.55. The van der Waals surface area contributed by atoms with E-state index in [-0.39, 0.29) is 6.10 Å². The van der Waals surface area contributed by atoms with Crippen molar-refractivity contribution in [1.29, 1.82) is 0 Å². The molecule has 0 amide bonds. The van der Waals surface area contributed by atoms with Crippen molar-refractivity contribution >= 4 is 0 Å². The van der Waals surface area contributed by atoms with E-state index in [0.29, 0.717) is 19.4 Å². The van der Waals surface area contributed by atoms with E-state index in [4.69, 9.17) is 9.47 Å². The van der Waals surface area contributed by atoms with Crippen molar-refractivity contribution in [2.45, 2.75) is 57.2 Å². The smallest absolute Gasteiger partial charge is 0.126 e. The molecule has 0 aromatic rings. The molecule has 2 aliphatic heterocycles. The van der Waals surface area contributed by atoms with Crippen molar-refractivity contribution in [2.24, 2.45) is 0 Å². The van der Waals surface area contributed by atoms with E-state index >= 15 is 0 Å². The summed E-state index contributed by atoms with van der Waals surface area (Å²) in [6.07, 6.45) is 7.81. The average molecular weight is 226 g/mol. The topological polar surface area (TPSA) is 38.7 Å². The van der Waals surface area contributed by atoms with E-state index in [0.717, 1.165) is 38.0 Å². The number of aliphatic hydroxyl groups is 1. The van der Waals surface area contributed by atoms with E-state index in [1.165, 1.54) is 0 Å². The van der Waals surface area contributed by atoms with Gasteiger partial charge in [0.05, 0.1) is 19.3 Å². The van der Waals surface area contributed by atoms with Gasteiger partial charge < -0.3 is 14.6 Å². The summed E-state index contributed by atoms with van der Waals surface area (Å²) in [6.45, 7) is 3.53. The van der Waals surface area contributed by atoms with Gasteiger partial charge in [0.2, 0.25) is 0 Å². The Balaban J connectivity index is 2.02. The van der Waals surface area contributed by atoms with Gasteiger partial charge in [-0.2, -0.15) is 0 Å². The monoisotopic (exact) mass is 226 g/mol. The molecular weight excluding hydrogens is 204 g/mol. The molecule has 0 aromatic heterocycles. The molecule has 3 heteroatoms. The third-order valence-electron chi connectivity index (χ3n) is 3.44. The van der Waals surface area contributed by atoms with Gasteiger partial charge in [-0.1, -0.05) is 13.3 Å². The van der Waals surface area contributed by atoms with Gasteiger partial charge in [-0.25, -0.2) is 0 Å². The van der Waals surface area contributed by atoms with E-state index in [1.807, 2.05) is 0 Å². The highest BCUT2D eigenvalue weighted by atomic mass is 16.5. The lowest BCUT2D eigenvalue weighted by molar-refractivity contribution is -0.110. The largest absolute Gasteiger partial charge is 0.495 e. The summed E-state index contributed by atoms with van der Waals surface area (Å²) >= 11 is 0. The molecule has 1 fully saturated rings. The lowest BCUT2D eigenvalue weighted by Crippen LogP contribution is -2.43. The van der Waals surface area contributed by atoms with Crippen LogP contribution in [0.4, 0.5) is 0 Å². The summed E-state index contributed by atoms with van der Waals surface area (Å²) in [5.41, 5.74) is -0.765. The first-order valence-corrected chi connectivity index (χ1v) is 6.42. The summed E-state index contributed by atoms with van der Waals surface area (Å²) in [5, 5.41) is 10.6. The minimum atomic E-state index is -0.765. The number of ether oxygens (including phenoxy) is 2. The zero-order chi connectivity index (χ0) is 11.4. The molecule has 1 N–H and O–H groups in total. The maximum atomic E-state index is 10.6. The van der Waals surface area contributed by atoms with Crippen LogP contribution < -0.4 is 0 Å². The van der Waals surface area contributed by atoms with Gasteiger partial charge >= 0.3 is 0 Å². The summed E-state index contributed by atoms with van der Waals surface area (Å²) in [4.78, 5) is 0. The molecule has 0 bridgehead atoms. The lowest BCUT2D eigenvalue weighted by Gasteiger charge is -2.39. The molecule has 1 saturated heterocycles. The van der Waals surface area contributed by atoms with Gasteiger partial charge in [-0.3, -0.25) is 0 Å². The van der Waals surface area contributed by atoms with Crippen LogP contribution in [-0.2, 0) is 9.47 Å². The van der Waals surface area contributed by atoms with Gasteiger partial charge in [-0.15, -0.1) is 0 Å². The molecule has 3 nitrogen and oxygen atoms in total. The van der Waals surface area contributed by atoms with Crippen LogP contribution in [0, 0.1) is 0 Å². The minimum Gasteiger partial charge on any atom is -0.495 e. The summed E-state index contributed by atoms with van der Waals surface area (Å²) in [5.74, 6) is 0.795. The van der Waals surface area contributed by atoms with Crippen LogP contribution in [0.3, 0.4) is 0 Å². The van der Waals surface area contributed by atoms with Crippen molar-refractivity contribution in [3.63, 3.8) is 0 Å². The van der Waals surface area contributed by atoms with Crippen molar-refractivity contribution < 1.29 is 14.6 Å². The van der Waals surface area contributed by atoms with Gasteiger partial charge in [-0.05, 0) is 25.3 Å². The second kappa shape index (κ2) is 5.19. The zero-order valence-corrected chi connectivity index (χ0v) is 10.1. The van der Waals surface area contributed by atoms with Crippen LogP contribution in [0.15, 0.2) is 11.8 Å². The Kier molecular flexibility index (Phi) is 3.87. The number of rotatable bonds is 3. The average Bonchev–Trinajstić information content (AvgIpc) is 2.31. The standard InChI is InChI=1S/C13H22O3/c1-2-5-11-10-13(14,7-9-15-11)12-6-3-4-8-16-12/h6,11,14H,2-5,7-10H2,1H3. The molecule has 0 aliphatic carbocycles. The highest BCUT2D eigenvalue weighted by Crippen LogP contribution is 2.35. The molecular formula is C13H22O3. The Morgan fingerprint density at radius 2 is 2.38 bits per heavy atom. The Morgan fingerprint density at radius 1 is 1.50 bits per heavy atom. The van der Waals surface area contributed by atoms with Crippen LogP contribution in [0.1, 0.15) is 45.4 Å². The number of hydrogen-bond acceptors (Lipinski definition) is 3. The molecule has 0 spiro atoms. The van der Waals surface area contributed by atoms with Crippen molar-refractivity contribution in [3.05, 3.63) is 11.8 Å². The van der Waals surface area contributed by atoms with E-state index in [2.05, 4.69) is 13.0 Å². The van der Waals surface area contributed by atoms with Gasteiger partial charge in [0, 0.05) is 12.8 Å². The molecule has 2 aliphatic rings. The van der Waals surface area contributed by atoms with Crippen LogP contribution in [0.2, 0.25) is 0 Å². The quantitative estimate of drug-likeness (QED) is 0.803. The molecule has 2 heterocycles. The van der Waals surface area contributed by atoms with Crippen LogP contribution >= 0.6 is 0 Å². The predicted molar refractivity (Wildman–Crippen MR) is 62.1 cm³/mol. The lowest BCUT2D eigenvalue weighted by atomic mass is 9.86. The Bertz CT molecular complexity index is 260. The fourth-order valence-corrected chi connectivity index (χ4v) is 2.55. The number of hydrogen-bond donors (Lipinski definition) is 1. The molecule has 0 radical (unpaired) electrons. The molecule has 2 rings (SSSR count). The second-order valence-corrected chi connectivity index (χ2v) is 4.83.